The van der Waals surface area contributed by atoms with E-state index in [0.29, 0.717) is 41.5 Å². The van der Waals surface area contributed by atoms with Gasteiger partial charge in [-0.25, -0.2) is 17.6 Å². The predicted molar refractivity (Wildman–Crippen MR) is 138 cm³/mol. The zero-order valence-corrected chi connectivity index (χ0v) is 22.5. The highest BCUT2D eigenvalue weighted by atomic mass is 32.2. The van der Waals surface area contributed by atoms with Crippen LogP contribution in [0.5, 0.6) is 0 Å². The minimum atomic E-state index is -5.08. The van der Waals surface area contributed by atoms with Gasteiger partial charge in [-0.2, -0.15) is 18.2 Å². The van der Waals surface area contributed by atoms with Crippen molar-refractivity contribution in [2.24, 2.45) is 5.73 Å². The van der Waals surface area contributed by atoms with Crippen LogP contribution >= 0.6 is 0 Å². The Labute approximate surface area is 232 Å². The van der Waals surface area contributed by atoms with Gasteiger partial charge in [-0.05, 0) is 55.2 Å². The maximum absolute atomic E-state index is 13.9. The summed E-state index contributed by atoms with van der Waals surface area (Å²) in [5.41, 5.74) is 7.71. The number of benzene rings is 2. The fraction of sp³-hybridized carbons (Fsp3) is 0.360. The summed E-state index contributed by atoms with van der Waals surface area (Å²) >= 11 is 0. The van der Waals surface area contributed by atoms with Gasteiger partial charge in [0, 0.05) is 30.3 Å². The molecule has 11 nitrogen and oxygen atoms in total. The molecular weight excluding hydrogens is 574 g/mol. The maximum Gasteiger partial charge on any atom is 0.490 e. The lowest BCUT2D eigenvalue weighted by Gasteiger charge is -2.23. The van der Waals surface area contributed by atoms with Gasteiger partial charge in [0.2, 0.25) is 27.6 Å². The molecule has 1 fully saturated rings. The number of sulfonamides is 1. The number of amides is 1. The summed E-state index contributed by atoms with van der Waals surface area (Å²) in [6.45, 7) is 0.555. The van der Waals surface area contributed by atoms with E-state index in [-0.39, 0.29) is 30.6 Å². The molecule has 2 heterocycles. The highest BCUT2D eigenvalue weighted by molar-refractivity contribution is 7.92. The molecule has 0 unspecified atom stereocenters. The van der Waals surface area contributed by atoms with Gasteiger partial charge in [0.15, 0.2) is 0 Å². The summed E-state index contributed by atoms with van der Waals surface area (Å²) in [6.07, 6.45) is -2.17. The number of hydrogen-bond acceptors (Lipinski definition) is 8. The Morgan fingerprint density at radius 2 is 1.83 bits per heavy atom. The molecule has 41 heavy (non-hydrogen) atoms. The van der Waals surface area contributed by atoms with Gasteiger partial charge in [-0.3, -0.25) is 9.52 Å². The molecular formula is C25H27F4N5O6S. The van der Waals surface area contributed by atoms with Gasteiger partial charge in [0.25, 0.3) is 0 Å². The van der Waals surface area contributed by atoms with Crippen molar-refractivity contribution in [3.05, 3.63) is 65.8 Å². The van der Waals surface area contributed by atoms with Crippen molar-refractivity contribution in [2.45, 2.75) is 43.9 Å². The van der Waals surface area contributed by atoms with Crippen LogP contribution in [0.2, 0.25) is 0 Å². The average molecular weight is 602 g/mol. The maximum atomic E-state index is 13.9. The van der Waals surface area contributed by atoms with Crippen LogP contribution in [0, 0.1) is 5.82 Å². The van der Waals surface area contributed by atoms with Crippen LogP contribution in [-0.4, -0.2) is 65.5 Å². The van der Waals surface area contributed by atoms with E-state index in [1.807, 2.05) is 0 Å². The van der Waals surface area contributed by atoms with Crippen molar-refractivity contribution < 1.29 is 45.2 Å². The van der Waals surface area contributed by atoms with E-state index in [4.69, 9.17) is 20.2 Å². The van der Waals surface area contributed by atoms with Gasteiger partial charge in [-0.1, -0.05) is 23.4 Å². The Bertz CT molecular complexity index is 1460. The molecule has 0 saturated carbocycles. The molecule has 3 aromatic rings. The highest BCUT2D eigenvalue weighted by Crippen LogP contribution is 2.33. The number of aliphatic carboxylic acids is 1. The second kappa shape index (κ2) is 13.1. The summed E-state index contributed by atoms with van der Waals surface area (Å²) in [6, 6.07) is 12.1. The Balaban J connectivity index is 0.000000587. The Hall–Kier alpha value is -4.05. The molecule has 0 aliphatic carbocycles. The molecule has 4 N–H and O–H groups in total. The van der Waals surface area contributed by atoms with Gasteiger partial charge in [-0.15, -0.1) is 0 Å². The first-order valence-electron chi connectivity index (χ1n) is 12.1. The third-order valence-corrected chi connectivity index (χ3v) is 6.47. The van der Waals surface area contributed by atoms with Crippen molar-refractivity contribution in [1.29, 1.82) is 0 Å². The molecule has 1 aromatic heterocycles. The van der Waals surface area contributed by atoms with Crippen molar-refractivity contribution >= 4 is 27.6 Å². The fourth-order valence-corrected chi connectivity index (χ4v) is 4.64. The van der Waals surface area contributed by atoms with Crippen LogP contribution < -0.4 is 10.5 Å². The topological polar surface area (TPSA) is 169 Å². The first kappa shape index (κ1) is 31.5. The third kappa shape index (κ3) is 9.24. The molecule has 1 saturated heterocycles. The first-order chi connectivity index (χ1) is 19.1. The Kier molecular flexibility index (Phi) is 10.0. The average Bonchev–Trinajstić information content (AvgIpc) is 3.55. The van der Waals surface area contributed by atoms with Gasteiger partial charge < -0.3 is 20.3 Å². The van der Waals surface area contributed by atoms with E-state index >= 15 is 0 Å². The zero-order chi connectivity index (χ0) is 30.4. The number of carbonyl (C=O) groups excluding carboxylic acids is 1. The Morgan fingerprint density at radius 1 is 1.20 bits per heavy atom. The number of aromatic nitrogens is 2. The lowest BCUT2D eigenvalue weighted by molar-refractivity contribution is -0.192. The summed E-state index contributed by atoms with van der Waals surface area (Å²) in [4.78, 5) is 28.0. The van der Waals surface area contributed by atoms with E-state index in [0.717, 1.165) is 12.7 Å². The van der Waals surface area contributed by atoms with Crippen LogP contribution in [-0.2, 0) is 26.0 Å². The molecule has 0 bridgehead atoms. The van der Waals surface area contributed by atoms with Gasteiger partial charge in [0.05, 0.1) is 6.26 Å². The molecule has 1 amide bonds. The number of carboxylic acids is 1. The number of carbonyl (C=O) groups is 2. The first-order valence-corrected chi connectivity index (χ1v) is 14.0. The van der Waals surface area contributed by atoms with E-state index < -0.39 is 28.2 Å². The molecule has 1 aliphatic rings. The van der Waals surface area contributed by atoms with E-state index in [2.05, 4.69) is 14.9 Å². The van der Waals surface area contributed by atoms with Gasteiger partial charge in [0.1, 0.15) is 11.9 Å². The van der Waals surface area contributed by atoms with Crippen molar-refractivity contribution in [2.75, 3.05) is 17.5 Å². The third-order valence-electron chi connectivity index (χ3n) is 5.87. The van der Waals surface area contributed by atoms with Crippen LogP contribution in [0.1, 0.15) is 36.8 Å². The summed E-state index contributed by atoms with van der Waals surface area (Å²) < 4.78 is 76.2. The monoisotopic (exact) mass is 601 g/mol. The summed E-state index contributed by atoms with van der Waals surface area (Å²) in [5, 5.41) is 11.2. The minimum Gasteiger partial charge on any atom is -0.475 e. The minimum absolute atomic E-state index is 0.0840. The molecule has 1 aliphatic heterocycles. The van der Waals surface area contributed by atoms with Crippen LogP contribution in [0.4, 0.5) is 23.2 Å². The lowest BCUT2D eigenvalue weighted by Crippen LogP contribution is -2.36. The number of carboxylic acid groups (broad SMARTS) is 1. The number of nitrogens with one attached hydrogen (secondary N) is 1. The number of nitrogens with zero attached hydrogens (tertiary/aromatic N) is 3. The molecule has 222 valence electrons. The quantitative estimate of drug-likeness (QED) is 0.327. The fourth-order valence-electron chi connectivity index (χ4n) is 4.07. The summed E-state index contributed by atoms with van der Waals surface area (Å²) in [7, 11) is -3.37. The van der Waals surface area contributed by atoms with Crippen molar-refractivity contribution in [3.8, 4) is 11.4 Å². The molecule has 16 heteroatoms. The number of halogens is 4. The highest BCUT2D eigenvalue weighted by Gasteiger charge is 2.38. The standard InChI is InChI=1S/C23H26FN5O4S.C2HF3O2/c1-34(31,32)28-18-10-8-15(9-11-18)22-26-23(33-27-22)20-7-4-12-29(20)21(30)14-17(25)13-16-5-2-3-6-19(16)24;3-2(4,5)1(6)7/h2-3,5-6,8-11,17,20,28H,4,7,12-14,25H2,1H3;(H,6,7)/t17-,20+;/m1./s1. The predicted octanol–water partition coefficient (Wildman–Crippen LogP) is 3.50. The van der Waals surface area contributed by atoms with Crippen LogP contribution in [0.25, 0.3) is 11.4 Å². The molecule has 4 rings (SSSR count). The lowest BCUT2D eigenvalue weighted by atomic mass is 10.0. The normalized spacial score (nSPS) is 16.0. The number of nitrogens with two attached hydrogens (primary N) is 1. The largest absolute Gasteiger partial charge is 0.490 e. The number of anilines is 1. The second-order valence-corrected chi connectivity index (χ2v) is 11.0. The van der Waals surface area contributed by atoms with E-state index in [1.165, 1.54) is 6.07 Å². The van der Waals surface area contributed by atoms with Crippen LogP contribution in [0.3, 0.4) is 0 Å². The van der Waals surface area contributed by atoms with E-state index in [9.17, 15) is 30.8 Å². The second-order valence-electron chi connectivity index (χ2n) is 9.22. The van der Waals surface area contributed by atoms with Crippen LogP contribution in [0.15, 0.2) is 53.1 Å². The Morgan fingerprint density at radius 3 is 2.41 bits per heavy atom. The zero-order valence-electron chi connectivity index (χ0n) is 21.6. The van der Waals surface area contributed by atoms with Crippen molar-refractivity contribution in [3.63, 3.8) is 0 Å². The molecule has 0 radical (unpaired) electrons. The number of rotatable bonds is 8. The number of hydrogen-bond donors (Lipinski definition) is 3. The number of alkyl halides is 3. The number of likely N-dealkylation sites (tertiary alicyclic amines) is 1. The molecule has 2 atom stereocenters. The summed E-state index contributed by atoms with van der Waals surface area (Å²) in [5.74, 6) is -2.55. The van der Waals surface area contributed by atoms with E-state index in [1.54, 1.807) is 47.4 Å². The smallest absolute Gasteiger partial charge is 0.475 e. The SMILES string of the molecule is CS(=O)(=O)Nc1ccc(-c2noc([C@@H]3CCCN3C(=O)C[C@H](N)Cc3ccccc3F)n2)cc1.O=C(O)C(F)(F)F. The van der Waals surface area contributed by atoms with Gasteiger partial charge >= 0.3 is 12.1 Å². The molecule has 0 spiro atoms. The van der Waals surface area contributed by atoms with Crippen molar-refractivity contribution in [1.82, 2.24) is 15.0 Å². The molecule has 2 aromatic carbocycles.